The smallest absolute Gasteiger partial charge is 0.344 e. The summed E-state index contributed by atoms with van der Waals surface area (Å²) in [7, 11) is 0. The summed E-state index contributed by atoms with van der Waals surface area (Å²) in [5, 5.41) is 12.2. The fourth-order valence-electron chi connectivity index (χ4n) is 1.75. The van der Waals surface area contributed by atoms with Crippen LogP contribution in [0, 0.1) is 5.92 Å². The predicted octanol–water partition coefficient (Wildman–Crippen LogP) is 3.06. The Hall–Kier alpha value is -2.24. The van der Waals surface area contributed by atoms with E-state index >= 15 is 0 Å². The molecule has 128 valence electrons. The molecule has 1 rings (SSSR count). The number of carboxylic acids is 1. The fourth-order valence-corrected chi connectivity index (χ4v) is 1.75. The van der Waals surface area contributed by atoms with Crippen molar-refractivity contribution in [2.75, 3.05) is 5.32 Å². The molecule has 0 spiro atoms. The summed E-state index contributed by atoms with van der Waals surface area (Å²) in [6.45, 7) is 9.07. The maximum Gasteiger partial charge on any atom is 0.344 e. The molecule has 1 aromatic carbocycles. The first-order valence-corrected chi connectivity index (χ1v) is 7.66. The number of hydrogen-bond donors (Lipinski definition) is 2. The average Bonchev–Trinajstić information content (AvgIpc) is 2.46. The highest BCUT2D eigenvalue weighted by atomic mass is 16.5. The monoisotopic (exact) mass is 323 g/mol. The number of benzene rings is 1. The normalized spacial score (nSPS) is 12.1. The van der Waals surface area contributed by atoms with E-state index in [0.717, 1.165) is 5.56 Å². The van der Waals surface area contributed by atoms with Gasteiger partial charge in [-0.3, -0.25) is 4.79 Å². The minimum absolute atomic E-state index is 0.122. The van der Waals surface area contributed by atoms with Gasteiger partial charge in [0.15, 0.2) is 6.10 Å². The van der Waals surface area contributed by atoms with Crippen LogP contribution in [0.5, 0.6) is 5.75 Å². The number of rotatable bonds is 8. The van der Waals surface area contributed by atoms with Gasteiger partial charge in [-0.25, -0.2) is 4.79 Å². The minimum atomic E-state index is -1.04. The van der Waals surface area contributed by atoms with Crippen molar-refractivity contribution in [3.05, 3.63) is 23.8 Å². The minimum Gasteiger partial charge on any atom is -0.479 e. The molecule has 0 aromatic heterocycles. The Bertz CT molecular complexity index is 554. The molecule has 0 fully saturated rings. The number of anilines is 1. The third kappa shape index (κ3) is 6.18. The van der Waals surface area contributed by atoms with Gasteiger partial charge in [-0.15, -0.1) is 0 Å². The summed E-state index contributed by atoms with van der Waals surface area (Å²) in [6.07, 6.45) is -0.976. The zero-order valence-electron chi connectivity index (χ0n) is 14.3. The van der Waals surface area contributed by atoms with Gasteiger partial charge in [-0.2, -0.15) is 0 Å². The van der Waals surface area contributed by atoms with Gasteiger partial charge in [0.05, 0.1) is 11.6 Å². The molecule has 0 saturated heterocycles. The van der Waals surface area contributed by atoms with Crippen molar-refractivity contribution in [3.8, 4) is 5.75 Å². The molecule has 23 heavy (non-hydrogen) atoms. The molecule has 6 heteroatoms. The van der Waals surface area contributed by atoms with Crippen LogP contribution in [-0.2, 0) is 20.9 Å². The molecule has 1 aromatic rings. The molecule has 0 aliphatic carbocycles. The van der Waals surface area contributed by atoms with Gasteiger partial charge < -0.3 is 19.9 Å². The molecule has 1 atom stereocenters. The Balaban J connectivity index is 2.94. The number of carbonyl (C=O) groups is 2. The number of ether oxygens (including phenoxy) is 2. The topological polar surface area (TPSA) is 84.9 Å². The average molecular weight is 323 g/mol. The number of aliphatic carboxylic acids is 1. The van der Waals surface area contributed by atoms with Crippen LogP contribution in [0.2, 0.25) is 0 Å². The second-order valence-electron chi connectivity index (χ2n) is 5.99. The van der Waals surface area contributed by atoms with Crippen LogP contribution in [0.15, 0.2) is 18.2 Å². The molecule has 0 amide bonds. The van der Waals surface area contributed by atoms with Crippen molar-refractivity contribution in [2.24, 2.45) is 5.92 Å². The van der Waals surface area contributed by atoms with Crippen molar-refractivity contribution in [3.63, 3.8) is 0 Å². The lowest BCUT2D eigenvalue weighted by Gasteiger charge is -2.18. The third-order valence-electron chi connectivity index (χ3n) is 2.99. The lowest BCUT2D eigenvalue weighted by Crippen LogP contribution is -2.24. The number of carbonyl (C=O) groups excluding carboxylic acids is 1. The number of hydrogen-bond acceptors (Lipinski definition) is 5. The molecule has 0 saturated carbocycles. The molecule has 0 heterocycles. The van der Waals surface area contributed by atoms with Crippen LogP contribution >= 0.6 is 0 Å². The Morgan fingerprint density at radius 2 is 1.83 bits per heavy atom. The summed E-state index contributed by atoms with van der Waals surface area (Å²) in [5.74, 6) is -1.10. The van der Waals surface area contributed by atoms with Crippen molar-refractivity contribution in [2.45, 2.75) is 53.4 Å². The highest BCUT2D eigenvalue weighted by Crippen LogP contribution is 2.28. The van der Waals surface area contributed by atoms with E-state index in [4.69, 9.17) is 14.6 Å². The van der Waals surface area contributed by atoms with Crippen LogP contribution in [0.4, 0.5) is 5.69 Å². The highest BCUT2D eigenvalue weighted by molar-refractivity contribution is 5.73. The Labute approximate surface area is 136 Å². The molecule has 0 aliphatic heterocycles. The molecule has 0 unspecified atom stereocenters. The largest absolute Gasteiger partial charge is 0.479 e. The second kappa shape index (κ2) is 8.41. The van der Waals surface area contributed by atoms with Crippen LogP contribution in [0.25, 0.3) is 0 Å². The van der Waals surface area contributed by atoms with Crippen molar-refractivity contribution in [1.29, 1.82) is 0 Å². The maximum absolute atomic E-state index is 11.5. The fraction of sp³-hybridized carbons (Fsp3) is 0.529. The van der Waals surface area contributed by atoms with Crippen molar-refractivity contribution in [1.82, 2.24) is 0 Å². The van der Waals surface area contributed by atoms with E-state index in [9.17, 15) is 9.59 Å². The molecular weight excluding hydrogens is 298 g/mol. The van der Waals surface area contributed by atoms with Crippen LogP contribution in [0.3, 0.4) is 0 Å². The van der Waals surface area contributed by atoms with E-state index in [-0.39, 0.29) is 24.5 Å². The lowest BCUT2D eigenvalue weighted by atomic mass is 10.1. The van der Waals surface area contributed by atoms with Gasteiger partial charge in [0.25, 0.3) is 0 Å². The highest BCUT2D eigenvalue weighted by Gasteiger charge is 2.16. The molecule has 0 radical (unpaired) electrons. The first-order valence-electron chi connectivity index (χ1n) is 7.66. The van der Waals surface area contributed by atoms with Crippen LogP contribution in [0.1, 0.15) is 40.2 Å². The Kier molecular flexibility index (Phi) is 6.88. The molecule has 2 N–H and O–H groups in total. The predicted molar refractivity (Wildman–Crippen MR) is 87.6 cm³/mol. The van der Waals surface area contributed by atoms with E-state index < -0.39 is 12.1 Å². The summed E-state index contributed by atoms with van der Waals surface area (Å²) < 4.78 is 10.7. The summed E-state index contributed by atoms with van der Waals surface area (Å²) in [5.41, 5.74) is 1.44. The van der Waals surface area contributed by atoms with E-state index in [2.05, 4.69) is 5.32 Å². The molecule has 6 nitrogen and oxygen atoms in total. The number of nitrogens with one attached hydrogen (secondary N) is 1. The zero-order chi connectivity index (χ0) is 17.6. The maximum atomic E-state index is 11.5. The molecule has 0 bridgehead atoms. The van der Waals surface area contributed by atoms with Gasteiger partial charge in [0, 0.05) is 6.04 Å². The van der Waals surface area contributed by atoms with Gasteiger partial charge in [0.1, 0.15) is 12.4 Å². The first kappa shape index (κ1) is 18.8. The van der Waals surface area contributed by atoms with E-state index in [1.54, 1.807) is 26.0 Å². The first-order chi connectivity index (χ1) is 10.7. The van der Waals surface area contributed by atoms with Gasteiger partial charge in [0.2, 0.25) is 0 Å². The van der Waals surface area contributed by atoms with Gasteiger partial charge >= 0.3 is 11.9 Å². The van der Waals surface area contributed by atoms with Gasteiger partial charge in [-0.05, 0) is 38.5 Å². The quantitative estimate of drug-likeness (QED) is 0.715. The lowest BCUT2D eigenvalue weighted by molar-refractivity contribution is -0.148. The molecule has 0 aliphatic rings. The summed E-state index contributed by atoms with van der Waals surface area (Å²) in [6, 6.07) is 5.47. The van der Waals surface area contributed by atoms with Crippen molar-refractivity contribution >= 4 is 17.6 Å². The van der Waals surface area contributed by atoms with E-state index in [1.807, 2.05) is 19.9 Å². The van der Waals surface area contributed by atoms with Crippen LogP contribution in [-0.4, -0.2) is 29.2 Å². The Morgan fingerprint density at radius 3 is 2.35 bits per heavy atom. The molecular formula is C17H25NO5. The van der Waals surface area contributed by atoms with Crippen LogP contribution < -0.4 is 10.1 Å². The number of carboxylic acid groups (broad SMARTS) is 1. The second-order valence-corrected chi connectivity index (χ2v) is 5.99. The zero-order valence-corrected chi connectivity index (χ0v) is 14.3. The third-order valence-corrected chi connectivity index (χ3v) is 2.99. The summed E-state index contributed by atoms with van der Waals surface area (Å²) >= 11 is 0. The summed E-state index contributed by atoms with van der Waals surface area (Å²) in [4.78, 5) is 22.5. The van der Waals surface area contributed by atoms with Gasteiger partial charge in [-0.1, -0.05) is 19.9 Å². The number of esters is 1. The standard InChI is InChI=1S/C17H25NO5/c1-10(2)17(21)22-9-13-6-7-14(18-11(3)4)15(8-13)23-12(5)16(19)20/h6-8,10-12,18H,9H2,1-5H3,(H,19,20)/t12-/m0/s1. The van der Waals surface area contributed by atoms with Crippen molar-refractivity contribution < 1.29 is 24.2 Å². The Morgan fingerprint density at radius 1 is 1.17 bits per heavy atom. The SMILES string of the molecule is CC(C)Nc1ccc(COC(=O)C(C)C)cc1O[C@@H](C)C(=O)O. The van der Waals surface area contributed by atoms with E-state index in [0.29, 0.717) is 11.4 Å². The van der Waals surface area contributed by atoms with E-state index in [1.165, 1.54) is 6.92 Å².